The lowest BCUT2D eigenvalue weighted by Gasteiger charge is -2.15. The number of nitrogens with zero attached hydrogens (tertiary/aromatic N) is 1. The maximum Gasteiger partial charge on any atom is 0.161 e. The monoisotopic (exact) mass is 286 g/mol. The first-order valence-electron chi connectivity index (χ1n) is 5.73. The summed E-state index contributed by atoms with van der Waals surface area (Å²) in [5.41, 5.74) is 0.711. The number of nitrogens with one attached hydrogen (secondary N) is 1. The molecule has 0 amide bonds. The van der Waals surface area contributed by atoms with E-state index in [0.717, 1.165) is 21.6 Å². The molecule has 0 fully saturated rings. The Morgan fingerprint density at radius 1 is 1.11 bits per heavy atom. The van der Waals surface area contributed by atoms with Crippen molar-refractivity contribution in [2.75, 3.05) is 5.32 Å². The molecule has 1 N–H and O–H groups in total. The van der Waals surface area contributed by atoms with Crippen LogP contribution in [0.4, 0.5) is 18.9 Å². The minimum Gasteiger partial charge on any atom is -0.374 e. The zero-order chi connectivity index (χ0) is 14.2. The van der Waals surface area contributed by atoms with Gasteiger partial charge in [0.15, 0.2) is 11.6 Å². The Morgan fingerprint density at radius 2 is 1.74 bits per heavy atom. The highest BCUT2D eigenvalue weighted by atomic mass is 32.1. The molecule has 19 heavy (non-hydrogen) atoms. The Labute approximate surface area is 113 Å². The summed E-state index contributed by atoms with van der Waals surface area (Å²) >= 11 is 1.54. The van der Waals surface area contributed by atoms with E-state index >= 15 is 0 Å². The predicted octanol–water partition coefficient (Wildman–Crippen LogP) is 4.35. The number of hydrogen-bond donors (Lipinski definition) is 1. The van der Waals surface area contributed by atoms with Crippen molar-refractivity contribution in [2.45, 2.75) is 26.8 Å². The van der Waals surface area contributed by atoms with E-state index in [9.17, 15) is 13.2 Å². The molecule has 0 bridgehead atoms. The molecule has 2 rings (SSSR count). The van der Waals surface area contributed by atoms with Crippen LogP contribution < -0.4 is 5.32 Å². The quantitative estimate of drug-likeness (QED) is 0.848. The molecule has 1 atom stereocenters. The molecule has 0 radical (unpaired) electrons. The topological polar surface area (TPSA) is 24.9 Å². The van der Waals surface area contributed by atoms with Crippen molar-refractivity contribution in [1.82, 2.24) is 4.98 Å². The highest BCUT2D eigenvalue weighted by Crippen LogP contribution is 2.27. The zero-order valence-electron chi connectivity index (χ0n) is 10.7. The van der Waals surface area contributed by atoms with E-state index in [0.29, 0.717) is 6.07 Å². The Balaban J connectivity index is 2.26. The van der Waals surface area contributed by atoms with Gasteiger partial charge in [-0.2, -0.15) is 0 Å². The van der Waals surface area contributed by atoms with Crippen molar-refractivity contribution in [3.05, 3.63) is 45.2 Å². The number of aryl methyl sites for hydroxylation is 2. The summed E-state index contributed by atoms with van der Waals surface area (Å²) < 4.78 is 39.5. The lowest BCUT2D eigenvalue weighted by atomic mass is 10.2. The highest BCUT2D eigenvalue weighted by Gasteiger charge is 2.16. The van der Waals surface area contributed by atoms with Crippen LogP contribution in [0, 0.1) is 31.3 Å². The van der Waals surface area contributed by atoms with E-state index in [2.05, 4.69) is 10.3 Å². The summed E-state index contributed by atoms with van der Waals surface area (Å²) in [4.78, 5) is 5.36. The Hall–Kier alpha value is -1.56. The van der Waals surface area contributed by atoms with Crippen molar-refractivity contribution in [3.63, 3.8) is 0 Å². The number of aromatic nitrogens is 1. The average Bonchev–Trinajstić information content (AvgIpc) is 2.65. The first-order valence-corrected chi connectivity index (χ1v) is 6.55. The van der Waals surface area contributed by atoms with Crippen LogP contribution in [0.15, 0.2) is 12.1 Å². The Bertz CT molecular complexity index is 610. The van der Waals surface area contributed by atoms with E-state index in [1.165, 1.54) is 11.3 Å². The number of anilines is 1. The minimum absolute atomic E-state index is 0.0727. The van der Waals surface area contributed by atoms with Gasteiger partial charge in [-0.15, -0.1) is 11.3 Å². The molecule has 1 aromatic carbocycles. The van der Waals surface area contributed by atoms with E-state index < -0.39 is 17.5 Å². The van der Waals surface area contributed by atoms with Gasteiger partial charge in [-0.3, -0.25) is 0 Å². The molecule has 0 saturated carbocycles. The van der Waals surface area contributed by atoms with Crippen molar-refractivity contribution in [3.8, 4) is 0 Å². The SMILES string of the molecule is Cc1nc(C(C)Nc2cc(F)c(F)cc2F)c(C)s1. The van der Waals surface area contributed by atoms with Gasteiger partial charge in [-0.1, -0.05) is 0 Å². The third-order valence-corrected chi connectivity index (χ3v) is 3.63. The van der Waals surface area contributed by atoms with Crippen molar-refractivity contribution in [2.24, 2.45) is 0 Å². The lowest BCUT2D eigenvalue weighted by molar-refractivity contribution is 0.495. The second-order valence-electron chi connectivity index (χ2n) is 4.29. The normalized spacial score (nSPS) is 12.5. The largest absolute Gasteiger partial charge is 0.374 e. The van der Waals surface area contributed by atoms with Gasteiger partial charge in [-0.25, -0.2) is 18.2 Å². The van der Waals surface area contributed by atoms with Gasteiger partial charge in [0.05, 0.1) is 22.4 Å². The molecule has 0 aliphatic carbocycles. The molecular formula is C13H13F3N2S. The Kier molecular flexibility index (Phi) is 3.80. The van der Waals surface area contributed by atoms with Gasteiger partial charge in [-0.05, 0) is 20.8 Å². The number of hydrogen-bond acceptors (Lipinski definition) is 3. The fourth-order valence-corrected chi connectivity index (χ4v) is 2.80. The van der Waals surface area contributed by atoms with Gasteiger partial charge in [0.2, 0.25) is 0 Å². The molecule has 0 aliphatic rings. The fourth-order valence-electron chi connectivity index (χ4n) is 1.88. The third-order valence-electron chi connectivity index (χ3n) is 2.73. The summed E-state index contributed by atoms with van der Waals surface area (Å²) in [6.07, 6.45) is 0. The Morgan fingerprint density at radius 3 is 2.32 bits per heavy atom. The first kappa shape index (κ1) is 13.9. The van der Waals surface area contributed by atoms with Crippen LogP contribution in [0.1, 0.15) is 28.5 Å². The molecular weight excluding hydrogens is 273 g/mol. The molecule has 0 spiro atoms. The van der Waals surface area contributed by atoms with Crippen LogP contribution in [0.3, 0.4) is 0 Å². The van der Waals surface area contributed by atoms with Crippen LogP contribution in [0.2, 0.25) is 0 Å². The van der Waals surface area contributed by atoms with Crippen LogP contribution in [-0.4, -0.2) is 4.98 Å². The summed E-state index contributed by atoms with van der Waals surface area (Å²) in [5, 5.41) is 3.72. The first-order chi connectivity index (χ1) is 8.88. The molecule has 6 heteroatoms. The van der Waals surface area contributed by atoms with Crippen molar-refractivity contribution >= 4 is 17.0 Å². The third kappa shape index (κ3) is 2.89. The molecule has 1 aromatic heterocycles. The van der Waals surface area contributed by atoms with Crippen molar-refractivity contribution < 1.29 is 13.2 Å². The van der Waals surface area contributed by atoms with Gasteiger partial charge in [0.25, 0.3) is 0 Å². The number of halogens is 3. The maximum atomic E-state index is 13.5. The highest BCUT2D eigenvalue weighted by molar-refractivity contribution is 7.11. The van der Waals surface area contributed by atoms with E-state index in [-0.39, 0.29) is 11.7 Å². The second kappa shape index (κ2) is 5.21. The second-order valence-corrected chi connectivity index (χ2v) is 5.69. The van der Waals surface area contributed by atoms with E-state index in [1.54, 1.807) is 6.92 Å². The van der Waals surface area contributed by atoms with E-state index in [4.69, 9.17) is 0 Å². The zero-order valence-corrected chi connectivity index (χ0v) is 11.5. The van der Waals surface area contributed by atoms with Crippen molar-refractivity contribution in [1.29, 1.82) is 0 Å². The summed E-state index contributed by atoms with van der Waals surface area (Å²) in [6.45, 7) is 5.59. The fraction of sp³-hybridized carbons (Fsp3) is 0.308. The molecule has 1 heterocycles. The predicted molar refractivity (Wildman–Crippen MR) is 69.9 cm³/mol. The molecule has 2 nitrogen and oxygen atoms in total. The average molecular weight is 286 g/mol. The summed E-state index contributed by atoms with van der Waals surface area (Å²) in [7, 11) is 0. The van der Waals surface area contributed by atoms with Crippen LogP contribution in [0.25, 0.3) is 0 Å². The molecule has 2 aromatic rings. The van der Waals surface area contributed by atoms with Gasteiger partial charge in [0.1, 0.15) is 5.82 Å². The van der Waals surface area contributed by atoms with Crippen LogP contribution in [-0.2, 0) is 0 Å². The number of thiazole rings is 1. The molecule has 0 saturated heterocycles. The van der Waals surface area contributed by atoms with Gasteiger partial charge in [0, 0.05) is 17.0 Å². The summed E-state index contributed by atoms with van der Waals surface area (Å²) in [6, 6.07) is 1.06. The number of benzene rings is 1. The lowest BCUT2D eigenvalue weighted by Crippen LogP contribution is -2.10. The minimum atomic E-state index is -1.20. The molecule has 0 aliphatic heterocycles. The van der Waals surface area contributed by atoms with Crippen LogP contribution in [0.5, 0.6) is 0 Å². The molecule has 102 valence electrons. The van der Waals surface area contributed by atoms with Gasteiger partial charge < -0.3 is 5.32 Å². The maximum absolute atomic E-state index is 13.5. The van der Waals surface area contributed by atoms with E-state index in [1.807, 2.05) is 13.8 Å². The van der Waals surface area contributed by atoms with Gasteiger partial charge >= 0.3 is 0 Å². The van der Waals surface area contributed by atoms with Crippen LogP contribution >= 0.6 is 11.3 Å². The smallest absolute Gasteiger partial charge is 0.161 e. The number of rotatable bonds is 3. The molecule has 1 unspecified atom stereocenters. The standard InChI is InChI=1S/C13H13F3N2S/c1-6(13-7(2)19-8(3)18-13)17-12-5-10(15)9(14)4-11(12)16/h4-6,17H,1-3H3. The summed E-state index contributed by atoms with van der Waals surface area (Å²) in [5.74, 6) is -3.10.